The van der Waals surface area contributed by atoms with Gasteiger partial charge in [0.2, 0.25) is 15.9 Å². The molecule has 27 heavy (non-hydrogen) atoms. The average Bonchev–Trinajstić information content (AvgIpc) is 2.60. The third-order valence-electron chi connectivity index (χ3n) is 3.78. The summed E-state index contributed by atoms with van der Waals surface area (Å²) >= 11 is 0. The van der Waals surface area contributed by atoms with Crippen molar-refractivity contribution in [1.82, 2.24) is 4.31 Å². The highest BCUT2D eigenvalue weighted by Crippen LogP contribution is 2.19. The lowest BCUT2D eigenvalue weighted by atomic mass is 10.3. The third-order valence-corrected chi connectivity index (χ3v) is 5.82. The van der Waals surface area contributed by atoms with Crippen LogP contribution < -0.4 is 10.6 Å². The van der Waals surface area contributed by atoms with Gasteiger partial charge in [-0.2, -0.15) is 4.31 Å². The lowest BCUT2D eigenvalue weighted by Gasteiger charge is -2.18. The molecule has 6 nitrogen and oxygen atoms in total. The van der Waals surface area contributed by atoms with Gasteiger partial charge in [-0.3, -0.25) is 4.79 Å². The number of carbonyl (C=O) groups is 1. The molecule has 0 radical (unpaired) electrons. The number of rotatable bonds is 8. The zero-order valence-corrected chi connectivity index (χ0v) is 15.8. The van der Waals surface area contributed by atoms with E-state index in [1.165, 1.54) is 22.5 Å². The number of amides is 1. The van der Waals surface area contributed by atoms with Crippen molar-refractivity contribution in [1.29, 1.82) is 0 Å². The van der Waals surface area contributed by atoms with E-state index in [2.05, 4.69) is 10.6 Å². The van der Waals surface area contributed by atoms with Crippen LogP contribution in [0.5, 0.6) is 0 Å². The highest BCUT2D eigenvalue weighted by atomic mass is 32.2. The summed E-state index contributed by atoms with van der Waals surface area (Å²) in [6, 6.07) is 8.77. The van der Waals surface area contributed by atoms with E-state index in [1.807, 2.05) is 0 Å². The SMILES string of the molecule is CCN(CC)S(=O)(=O)c1cccc(NC(=O)CNc2cc(F)cc(F)c2)c1. The van der Waals surface area contributed by atoms with E-state index < -0.39 is 27.6 Å². The Bertz CT molecular complexity index is 896. The molecule has 0 saturated carbocycles. The van der Waals surface area contributed by atoms with Crippen LogP contribution in [0.4, 0.5) is 20.2 Å². The van der Waals surface area contributed by atoms with Crippen LogP contribution in [0.15, 0.2) is 47.4 Å². The van der Waals surface area contributed by atoms with Gasteiger partial charge in [0.15, 0.2) is 0 Å². The minimum atomic E-state index is -3.64. The molecule has 0 aliphatic carbocycles. The maximum absolute atomic E-state index is 13.1. The number of sulfonamides is 1. The molecule has 0 aliphatic heterocycles. The molecule has 2 rings (SSSR count). The van der Waals surface area contributed by atoms with Crippen molar-refractivity contribution < 1.29 is 22.0 Å². The van der Waals surface area contributed by atoms with Crippen molar-refractivity contribution in [3.63, 3.8) is 0 Å². The molecule has 0 aromatic heterocycles. The fourth-order valence-corrected chi connectivity index (χ4v) is 3.99. The molecule has 0 fully saturated rings. The van der Waals surface area contributed by atoms with Gasteiger partial charge in [0, 0.05) is 30.5 Å². The molecule has 0 saturated heterocycles. The number of benzene rings is 2. The van der Waals surface area contributed by atoms with E-state index in [1.54, 1.807) is 19.9 Å². The summed E-state index contributed by atoms with van der Waals surface area (Å²) in [5, 5.41) is 5.17. The van der Waals surface area contributed by atoms with Crippen molar-refractivity contribution in [2.75, 3.05) is 30.3 Å². The minimum Gasteiger partial charge on any atom is -0.376 e. The lowest BCUT2D eigenvalue weighted by molar-refractivity contribution is -0.114. The zero-order chi connectivity index (χ0) is 20.0. The molecular weight excluding hydrogens is 376 g/mol. The number of hydrogen-bond acceptors (Lipinski definition) is 4. The highest BCUT2D eigenvalue weighted by molar-refractivity contribution is 7.89. The monoisotopic (exact) mass is 397 g/mol. The van der Waals surface area contributed by atoms with Gasteiger partial charge in [-0.25, -0.2) is 17.2 Å². The van der Waals surface area contributed by atoms with Gasteiger partial charge in [0.05, 0.1) is 11.4 Å². The quantitative estimate of drug-likeness (QED) is 0.718. The summed E-state index contributed by atoms with van der Waals surface area (Å²) in [7, 11) is -3.64. The van der Waals surface area contributed by atoms with Crippen LogP contribution in [0, 0.1) is 11.6 Å². The predicted octanol–water partition coefficient (Wildman–Crippen LogP) is 3.05. The first-order chi connectivity index (χ1) is 12.8. The van der Waals surface area contributed by atoms with Crippen LogP contribution >= 0.6 is 0 Å². The Hall–Kier alpha value is -2.52. The van der Waals surface area contributed by atoms with Crippen molar-refractivity contribution in [3.8, 4) is 0 Å². The molecule has 2 aromatic carbocycles. The second kappa shape index (κ2) is 8.92. The second-order valence-electron chi connectivity index (χ2n) is 5.68. The van der Waals surface area contributed by atoms with Crippen molar-refractivity contribution in [3.05, 3.63) is 54.1 Å². The third kappa shape index (κ3) is 5.48. The standard InChI is InChI=1S/C18H21F2N3O3S/c1-3-23(4-2)27(25,26)17-7-5-6-15(11-17)22-18(24)12-21-16-9-13(19)8-14(20)10-16/h5-11,21H,3-4,12H2,1-2H3,(H,22,24). The molecule has 2 aromatic rings. The molecule has 0 aliphatic rings. The maximum atomic E-state index is 13.1. The lowest BCUT2D eigenvalue weighted by Crippen LogP contribution is -2.30. The van der Waals surface area contributed by atoms with Crippen molar-refractivity contribution in [2.24, 2.45) is 0 Å². The zero-order valence-electron chi connectivity index (χ0n) is 15.0. The highest BCUT2D eigenvalue weighted by Gasteiger charge is 2.21. The van der Waals surface area contributed by atoms with E-state index in [0.717, 1.165) is 18.2 Å². The molecule has 0 bridgehead atoms. The molecule has 146 valence electrons. The van der Waals surface area contributed by atoms with Crippen molar-refractivity contribution >= 4 is 27.3 Å². The Balaban J connectivity index is 2.06. The Morgan fingerprint density at radius 1 is 1.00 bits per heavy atom. The fraction of sp³-hybridized carbons (Fsp3) is 0.278. The molecule has 1 amide bonds. The number of halogens is 2. The molecule has 0 spiro atoms. The first kappa shape index (κ1) is 20.8. The van der Waals surface area contributed by atoms with E-state index >= 15 is 0 Å². The van der Waals surface area contributed by atoms with E-state index in [9.17, 15) is 22.0 Å². The van der Waals surface area contributed by atoms with Gasteiger partial charge in [0.1, 0.15) is 11.6 Å². The van der Waals surface area contributed by atoms with Crippen LogP contribution in [0.3, 0.4) is 0 Å². The first-order valence-corrected chi connectivity index (χ1v) is 9.80. The number of hydrogen-bond donors (Lipinski definition) is 2. The predicted molar refractivity (Wildman–Crippen MR) is 100 cm³/mol. The normalized spacial score (nSPS) is 11.4. The molecule has 0 heterocycles. The molecule has 0 atom stereocenters. The van der Waals surface area contributed by atoms with Gasteiger partial charge >= 0.3 is 0 Å². The smallest absolute Gasteiger partial charge is 0.243 e. The second-order valence-corrected chi connectivity index (χ2v) is 7.61. The summed E-state index contributed by atoms with van der Waals surface area (Å²) in [4.78, 5) is 12.1. The Kier molecular flexibility index (Phi) is 6.86. The summed E-state index contributed by atoms with van der Waals surface area (Å²) in [5.74, 6) is -2.00. The molecule has 0 unspecified atom stereocenters. The first-order valence-electron chi connectivity index (χ1n) is 8.36. The largest absolute Gasteiger partial charge is 0.376 e. The van der Waals surface area contributed by atoms with Gasteiger partial charge in [-0.15, -0.1) is 0 Å². The number of carbonyl (C=O) groups excluding carboxylic acids is 1. The van der Waals surface area contributed by atoms with Crippen molar-refractivity contribution in [2.45, 2.75) is 18.7 Å². The minimum absolute atomic E-state index is 0.0733. The maximum Gasteiger partial charge on any atom is 0.243 e. The summed E-state index contributed by atoms with van der Waals surface area (Å²) in [6.45, 7) is 3.92. The van der Waals surface area contributed by atoms with E-state index in [4.69, 9.17) is 0 Å². The van der Waals surface area contributed by atoms with Crippen LogP contribution in [-0.2, 0) is 14.8 Å². The van der Waals surface area contributed by atoms with E-state index in [0.29, 0.717) is 18.8 Å². The van der Waals surface area contributed by atoms with Gasteiger partial charge in [-0.1, -0.05) is 19.9 Å². The topological polar surface area (TPSA) is 78.5 Å². The van der Waals surface area contributed by atoms with Gasteiger partial charge < -0.3 is 10.6 Å². The Morgan fingerprint density at radius 2 is 1.63 bits per heavy atom. The van der Waals surface area contributed by atoms with Crippen LogP contribution in [-0.4, -0.2) is 38.3 Å². The molecular formula is C18H21F2N3O3S. The summed E-state index contributed by atoms with van der Waals surface area (Å²) < 4.78 is 52.7. The Labute approximate surface area is 157 Å². The summed E-state index contributed by atoms with van der Waals surface area (Å²) in [5.41, 5.74) is 0.431. The average molecular weight is 397 g/mol. The van der Waals surface area contributed by atoms with E-state index in [-0.39, 0.29) is 17.1 Å². The molecule has 2 N–H and O–H groups in total. The van der Waals surface area contributed by atoms with Crippen LogP contribution in [0.25, 0.3) is 0 Å². The fourth-order valence-electron chi connectivity index (χ4n) is 2.49. The van der Waals surface area contributed by atoms with Gasteiger partial charge in [-0.05, 0) is 30.3 Å². The summed E-state index contributed by atoms with van der Waals surface area (Å²) in [6.07, 6.45) is 0. The number of nitrogens with zero attached hydrogens (tertiary/aromatic N) is 1. The Morgan fingerprint density at radius 3 is 2.22 bits per heavy atom. The number of anilines is 2. The number of nitrogens with one attached hydrogen (secondary N) is 2. The van der Waals surface area contributed by atoms with Gasteiger partial charge in [0.25, 0.3) is 0 Å². The molecule has 9 heteroatoms. The van der Waals surface area contributed by atoms with Crippen LogP contribution in [0.2, 0.25) is 0 Å². The van der Waals surface area contributed by atoms with Crippen LogP contribution in [0.1, 0.15) is 13.8 Å².